The summed E-state index contributed by atoms with van der Waals surface area (Å²) < 4.78 is 22.8. The second-order valence-electron chi connectivity index (χ2n) is 4.98. The molecule has 0 bridgehead atoms. The van der Waals surface area contributed by atoms with Crippen LogP contribution in [0.4, 0.5) is 5.69 Å². The van der Waals surface area contributed by atoms with Gasteiger partial charge in [0.25, 0.3) is 9.05 Å². The highest BCUT2D eigenvalue weighted by molar-refractivity contribution is 8.13. The SMILES string of the molecule is CC(C)C(=O)N1CCCc2ccc(S(=O)(=O)Cl)cc21. The van der Waals surface area contributed by atoms with Gasteiger partial charge < -0.3 is 4.90 Å². The van der Waals surface area contributed by atoms with Crippen molar-refractivity contribution in [1.29, 1.82) is 0 Å². The maximum atomic E-state index is 12.2. The minimum atomic E-state index is -3.77. The van der Waals surface area contributed by atoms with Gasteiger partial charge in [-0.05, 0) is 30.5 Å². The maximum Gasteiger partial charge on any atom is 0.261 e. The summed E-state index contributed by atoms with van der Waals surface area (Å²) in [5.74, 6) is -0.118. The molecule has 19 heavy (non-hydrogen) atoms. The van der Waals surface area contributed by atoms with Crippen molar-refractivity contribution >= 4 is 31.3 Å². The van der Waals surface area contributed by atoms with E-state index in [-0.39, 0.29) is 16.7 Å². The standard InChI is InChI=1S/C13H16ClNO3S/c1-9(2)13(16)15-7-3-4-10-5-6-11(8-12(10)15)19(14,17)18/h5-6,8-9H,3-4,7H2,1-2H3. The smallest absolute Gasteiger partial charge is 0.261 e. The second-order valence-corrected chi connectivity index (χ2v) is 7.54. The average molecular weight is 302 g/mol. The molecular formula is C13H16ClNO3S. The van der Waals surface area contributed by atoms with Gasteiger partial charge >= 0.3 is 0 Å². The zero-order chi connectivity index (χ0) is 14.2. The third-order valence-corrected chi connectivity index (χ3v) is 4.57. The number of hydrogen-bond acceptors (Lipinski definition) is 3. The van der Waals surface area contributed by atoms with Crippen LogP contribution in [-0.2, 0) is 20.3 Å². The molecule has 1 heterocycles. The Bertz CT molecular complexity index is 610. The van der Waals surface area contributed by atoms with Gasteiger partial charge in [0, 0.05) is 28.8 Å². The summed E-state index contributed by atoms with van der Waals surface area (Å²) in [6, 6.07) is 4.73. The fraction of sp³-hybridized carbons (Fsp3) is 0.462. The van der Waals surface area contributed by atoms with E-state index in [1.807, 2.05) is 13.8 Å². The number of rotatable bonds is 2. The van der Waals surface area contributed by atoms with Gasteiger partial charge in [0.15, 0.2) is 0 Å². The van der Waals surface area contributed by atoms with Gasteiger partial charge in [-0.3, -0.25) is 4.79 Å². The molecule has 1 aliphatic heterocycles. The van der Waals surface area contributed by atoms with Crippen molar-refractivity contribution in [3.8, 4) is 0 Å². The Morgan fingerprint density at radius 1 is 1.37 bits per heavy atom. The monoisotopic (exact) mass is 301 g/mol. The van der Waals surface area contributed by atoms with Crippen LogP contribution in [0.15, 0.2) is 23.1 Å². The average Bonchev–Trinajstić information content (AvgIpc) is 2.35. The number of carbonyl (C=O) groups excluding carboxylic acids is 1. The lowest BCUT2D eigenvalue weighted by molar-refractivity contribution is -0.121. The highest BCUT2D eigenvalue weighted by Gasteiger charge is 2.25. The van der Waals surface area contributed by atoms with Crippen LogP contribution in [0, 0.1) is 5.92 Å². The van der Waals surface area contributed by atoms with Crippen LogP contribution in [0.25, 0.3) is 0 Å². The molecule has 0 atom stereocenters. The molecule has 4 nitrogen and oxygen atoms in total. The molecule has 0 saturated heterocycles. The van der Waals surface area contributed by atoms with Gasteiger partial charge in [-0.25, -0.2) is 8.42 Å². The molecule has 0 aromatic heterocycles. The molecular weight excluding hydrogens is 286 g/mol. The van der Waals surface area contributed by atoms with Crippen LogP contribution in [-0.4, -0.2) is 20.9 Å². The largest absolute Gasteiger partial charge is 0.312 e. The van der Waals surface area contributed by atoms with Crippen molar-refractivity contribution in [3.63, 3.8) is 0 Å². The summed E-state index contributed by atoms with van der Waals surface area (Å²) in [5, 5.41) is 0. The molecule has 0 unspecified atom stereocenters. The zero-order valence-electron chi connectivity index (χ0n) is 10.9. The number of hydrogen-bond donors (Lipinski definition) is 0. The van der Waals surface area contributed by atoms with E-state index in [1.54, 1.807) is 11.0 Å². The molecule has 0 spiro atoms. The first-order valence-electron chi connectivity index (χ1n) is 6.19. The number of benzene rings is 1. The van der Waals surface area contributed by atoms with Crippen LogP contribution in [0.5, 0.6) is 0 Å². The van der Waals surface area contributed by atoms with Gasteiger partial charge in [-0.15, -0.1) is 0 Å². The highest BCUT2D eigenvalue weighted by atomic mass is 35.7. The fourth-order valence-corrected chi connectivity index (χ4v) is 3.02. The first kappa shape index (κ1) is 14.3. The summed E-state index contributed by atoms with van der Waals surface area (Å²) in [6.45, 7) is 4.29. The number of anilines is 1. The summed E-state index contributed by atoms with van der Waals surface area (Å²) in [4.78, 5) is 13.9. The lowest BCUT2D eigenvalue weighted by Gasteiger charge is -2.31. The van der Waals surface area contributed by atoms with Crippen molar-refractivity contribution in [1.82, 2.24) is 0 Å². The molecule has 2 rings (SSSR count). The molecule has 0 saturated carbocycles. The quantitative estimate of drug-likeness (QED) is 0.789. The minimum absolute atomic E-state index is 0.00469. The summed E-state index contributed by atoms with van der Waals surface area (Å²) >= 11 is 0. The second kappa shape index (κ2) is 5.13. The first-order valence-corrected chi connectivity index (χ1v) is 8.50. The topological polar surface area (TPSA) is 54.5 Å². The van der Waals surface area contributed by atoms with Crippen LogP contribution < -0.4 is 4.90 Å². The van der Waals surface area contributed by atoms with E-state index in [0.717, 1.165) is 18.4 Å². The van der Waals surface area contributed by atoms with Gasteiger partial charge in [0.05, 0.1) is 4.90 Å². The van der Waals surface area contributed by atoms with Gasteiger partial charge in [-0.2, -0.15) is 0 Å². The van der Waals surface area contributed by atoms with Crippen LogP contribution in [0.3, 0.4) is 0 Å². The normalized spacial score (nSPS) is 15.5. The van der Waals surface area contributed by atoms with Gasteiger partial charge in [-0.1, -0.05) is 19.9 Å². The van der Waals surface area contributed by atoms with Crippen molar-refractivity contribution in [2.45, 2.75) is 31.6 Å². The Kier molecular flexibility index (Phi) is 3.87. The summed E-state index contributed by atoms with van der Waals surface area (Å²) in [6.07, 6.45) is 1.73. The predicted molar refractivity (Wildman–Crippen MR) is 75.0 cm³/mol. The number of amides is 1. The van der Waals surface area contributed by atoms with Crippen molar-refractivity contribution in [3.05, 3.63) is 23.8 Å². The third-order valence-electron chi connectivity index (χ3n) is 3.22. The Balaban J connectivity index is 2.50. The molecule has 1 aromatic carbocycles. The number of nitrogens with zero attached hydrogens (tertiary/aromatic N) is 1. The third kappa shape index (κ3) is 2.92. The van der Waals surface area contributed by atoms with Crippen molar-refractivity contribution in [2.75, 3.05) is 11.4 Å². The molecule has 0 N–H and O–H groups in total. The number of carbonyl (C=O) groups is 1. The Morgan fingerprint density at radius 2 is 2.05 bits per heavy atom. The molecule has 1 aromatic rings. The van der Waals surface area contributed by atoms with E-state index in [4.69, 9.17) is 10.7 Å². The van der Waals surface area contributed by atoms with Crippen molar-refractivity contribution in [2.24, 2.45) is 5.92 Å². The Hall–Kier alpha value is -1.07. The lowest BCUT2D eigenvalue weighted by Crippen LogP contribution is -2.38. The van der Waals surface area contributed by atoms with E-state index in [0.29, 0.717) is 12.2 Å². The minimum Gasteiger partial charge on any atom is -0.312 e. The Labute approximate surface area is 117 Å². The number of halogens is 1. The summed E-state index contributed by atoms with van der Waals surface area (Å²) in [7, 11) is 1.59. The van der Waals surface area contributed by atoms with Crippen LogP contribution >= 0.6 is 10.7 Å². The zero-order valence-corrected chi connectivity index (χ0v) is 12.5. The molecule has 1 amide bonds. The molecule has 0 radical (unpaired) electrons. The molecule has 0 fully saturated rings. The van der Waals surface area contributed by atoms with Crippen LogP contribution in [0.2, 0.25) is 0 Å². The van der Waals surface area contributed by atoms with Crippen LogP contribution in [0.1, 0.15) is 25.8 Å². The number of fused-ring (bicyclic) bond motifs is 1. The van der Waals surface area contributed by atoms with E-state index < -0.39 is 9.05 Å². The summed E-state index contributed by atoms with van der Waals surface area (Å²) in [5.41, 5.74) is 1.66. The number of aryl methyl sites for hydroxylation is 1. The molecule has 104 valence electrons. The Morgan fingerprint density at radius 3 is 2.63 bits per heavy atom. The molecule has 6 heteroatoms. The van der Waals surface area contributed by atoms with Gasteiger partial charge in [0.1, 0.15) is 0 Å². The molecule has 1 aliphatic rings. The van der Waals surface area contributed by atoms with E-state index in [2.05, 4.69) is 0 Å². The van der Waals surface area contributed by atoms with E-state index in [1.165, 1.54) is 12.1 Å². The van der Waals surface area contributed by atoms with Crippen molar-refractivity contribution < 1.29 is 13.2 Å². The van der Waals surface area contributed by atoms with E-state index >= 15 is 0 Å². The fourth-order valence-electron chi connectivity index (χ4n) is 2.25. The molecule has 0 aliphatic carbocycles. The highest BCUT2D eigenvalue weighted by Crippen LogP contribution is 2.31. The maximum absolute atomic E-state index is 12.2. The first-order chi connectivity index (χ1) is 8.80. The lowest BCUT2D eigenvalue weighted by atomic mass is 10.0. The van der Waals surface area contributed by atoms with E-state index in [9.17, 15) is 13.2 Å². The van der Waals surface area contributed by atoms with Gasteiger partial charge in [0.2, 0.25) is 5.91 Å². The predicted octanol–water partition coefficient (Wildman–Crippen LogP) is 2.55.